The first kappa shape index (κ1) is 12.1. The van der Waals surface area contributed by atoms with Gasteiger partial charge in [-0.3, -0.25) is 0 Å². The van der Waals surface area contributed by atoms with Crippen molar-refractivity contribution in [2.24, 2.45) is 5.73 Å². The summed E-state index contributed by atoms with van der Waals surface area (Å²) in [4.78, 5) is 0. The zero-order valence-corrected chi connectivity index (χ0v) is 9.67. The smallest absolute Gasteiger partial charge is 0.123 e. The molecule has 15 heavy (non-hydrogen) atoms. The topological polar surface area (TPSA) is 35.2 Å². The summed E-state index contributed by atoms with van der Waals surface area (Å²) in [6.45, 7) is 5.62. The van der Waals surface area contributed by atoms with Crippen molar-refractivity contribution in [3.8, 4) is 0 Å². The van der Waals surface area contributed by atoms with Crippen LogP contribution in [0.5, 0.6) is 0 Å². The van der Waals surface area contributed by atoms with Crippen molar-refractivity contribution < 1.29 is 9.13 Å². The molecule has 1 rings (SSSR count). The van der Waals surface area contributed by atoms with Gasteiger partial charge in [0, 0.05) is 7.11 Å². The van der Waals surface area contributed by atoms with Gasteiger partial charge in [-0.1, -0.05) is 6.07 Å². The molecule has 0 fully saturated rings. The molecule has 0 radical (unpaired) electrons. The Kier molecular flexibility index (Phi) is 3.47. The van der Waals surface area contributed by atoms with Crippen LogP contribution in [0.2, 0.25) is 0 Å². The first-order valence-corrected chi connectivity index (χ1v) is 4.94. The van der Waals surface area contributed by atoms with E-state index in [1.807, 2.05) is 26.8 Å². The maximum absolute atomic E-state index is 13.2. The molecule has 2 N–H and O–H groups in total. The molecule has 0 amide bonds. The van der Waals surface area contributed by atoms with Gasteiger partial charge in [0.25, 0.3) is 0 Å². The maximum atomic E-state index is 13.2. The summed E-state index contributed by atoms with van der Waals surface area (Å²) >= 11 is 0. The van der Waals surface area contributed by atoms with Crippen LogP contribution in [0.15, 0.2) is 18.2 Å². The summed E-state index contributed by atoms with van der Waals surface area (Å²) in [5.41, 5.74) is 7.16. The third kappa shape index (κ3) is 2.76. The van der Waals surface area contributed by atoms with Gasteiger partial charge in [-0.25, -0.2) is 4.39 Å². The molecule has 2 nitrogen and oxygen atoms in total. The Hall–Kier alpha value is -0.930. The van der Waals surface area contributed by atoms with Crippen molar-refractivity contribution in [3.63, 3.8) is 0 Å². The Morgan fingerprint density at radius 3 is 2.40 bits per heavy atom. The quantitative estimate of drug-likeness (QED) is 0.834. The predicted octanol–water partition coefficient (Wildman–Crippen LogP) is 2.56. The highest BCUT2D eigenvalue weighted by Gasteiger charge is 2.27. The van der Waals surface area contributed by atoms with E-state index in [0.29, 0.717) is 0 Å². The summed E-state index contributed by atoms with van der Waals surface area (Å²) in [6, 6.07) is 4.49. The molecule has 0 bridgehead atoms. The van der Waals surface area contributed by atoms with E-state index in [1.54, 1.807) is 7.11 Å². The molecular weight excluding hydrogens is 193 g/mol. The molecule has 0 aliphatic rings. The Labute approximate surface area is 90.2 Å². The van der Waals surface area contributed by atoms with Crippen molar-refractivity contribution in [1.29, 1.82) is 0 Å². The van der Waals surface area contributed by atoms with E-state index >= 15 is 0 Å². The Balaban J connectivity index is 3.06. The fraction of sp³-hybridized carbons (Fsp3) is 0.500. The second-order valence-electron chi connectivity index (χ2n) is 4.35. The molecule has 0 aromatic heterocycles. The van der Waals surface area contributed by atoms with Gasteiger partial charge in [0.05, 0.1) is 11.6 Å². The van der Waals surface area contributed by atoms with Crippen LogP contribution >= 0.6 is 0 Å². The molecule has 84 valence electrons. The minimum Gasteiger partial charge on any atom is -0.377 e. The molecule has 0 aliphatic carbocycles. The molecule has 1 aromatic rings. The van der Waals surface area contributed by atoms with Crippen molar-refractivity contribution in [2.45, 2.75) is 32.4 Å². The van der Waals surface area contributed by atoms with Crippen LogP contribution in [0, 0.1) is 12.7 Å². The average molecular weight is 211 g/mol. The molecule has 0 aliphatic heterocycles. The summed E-state index contributed by atoms with van der Waals surface area (Å²) in [5, 5.41) is 0. The van der Waals surface area contributed by atoms with Crippen molar-refractivity contribution in [2.75, 3.05) is 7.11 Å². The van der Waals surface area contributed by atoms with Crippen LogP contribution in [-0.4, -0.2) is 12.7 Å². The molecule has 1 unspecified atom stereocenters. The fourth-order valence-electron chi connectivity index (χ4n) is 1.47. The third-order valence-electron chi connectivity index (χ3n) is 2.70. The summed E-state index contributed by atoms with van der Waals surface area (Å²) in [6.07, 6.45) is 0. The van der Waals surface area contributed by atoms with Crippen LogP contribution in [0.1, 0.15) is 31.0 Å². The Morgan fingerprint density at radius 1 is 1.33 bits per heavy atom. The molecule has 3 heteroatoms. The molecule has 0 heterocycles. The van der Waals surface area contributed by atoms with Gasteiger partial charge in [-0.15, -0.1) is 0 Å². The van der Waals surface area contributed by atoms with Crippen molar-refractivity contribution >= 4 is 0 Å². The number of halogens is 1. The van der Waals surface area contributed by atoms with E-state index < -0.39 is 5.60 Å². The van der Waals surface area contributed by atoms with Gasteiger partial charge in [0.15, 0.2) is 0 Å². The van der Waals surface area contributed by atoms with Gasteiger partial charge in [0.2, 0.25) is 0 Å². The molecule has 1 aromatic carbocycles. The van der Waals surface area contributed by atoms with E-state index in [1.165, 1.54) is 12.1 Å². The average Bonchev–Trinajstić information content (AvgIpc) is 2.15. The maximum Gasteiger partial charge on any atom is 0.123 e. The monoisotopic (exact) mass is 211 g/mol. The predicted molar refractivity (Wildman–Crippen MR) is 59.2 cm³/mol. The Morgan fingerprint density at radius 2 is 1.93 bits per heavy atom. The lowest BCUT2D eigenvalue weighted by Crippen LogP contribution is -2.37. The minimum absolute atomic E-state index is 0.257. The van der Waals surface area contributed by atoms with Crippen LogP contribution in [0.3, 0.4) is 0 Å². The third-order valence-corrected chi connectivity index (χ3v) is 2.70. The summed E-state index contributed by atoms with van der Waals surface area (Å²) in [5.74, 6) is -0.257. The van der Waals surface area contributed by atoms with Gasteiger partial charge < -0.3 is 10.5 Å². The van der Waals surface area contributed by atoms with Gasteiger partial charge >= 0.3 is 0 Å². The number of benzene rings is 1. The van der Waals surface area contributed by atoms with Gasteiger partial charge in [-0.2, -0.15) is 0 Å². The standard InChI is InChI=1S/C12H18FNO/c1-8-5-9(7-10(13)6-8)11(14)12(2,3)15-4/h5-7,11H,14H2,1-4H3. The summed E-state index contributed by atoms with van der Waals surface area (Å²) < 4.78 is 18.5. The number of rotatable bonds is 3. The van der Waals surface area contributed by atoms with E-state index in [-0.39, 0.29) is 11.9 Å². The van der Waals surface area contributed by atoms with Crippen LogP contribution in [0.25, 0.3) is 0 Å². The zero-order valence-electron chi connectivity index (χ0n) is 9.67. The van der Waals surface area contributed by atoms with Crippen LogP contribution in [0.4, 0.5) is 4.39 Å². The highest BCUT2D eigenvalue weighted by Crippen LogP contribution is 2.27. The van der Waals surface area contributed by atoms with Crippen LogP contribution < -0.4 is 5.73 Å². The van der Waals surface area contributed by atoms with Crippen molar-refractivity contribution in [3.05, 3.63) is 35.1 Å². The molecule has 0 saturated carbocycles. The molecule has 1 atom stereocenters. The lowest BCUT2D eigenvalue weighted by molar-refractivity contribution is -0.0000973. The highest BCUT2D eigenvalue weighted by atomic mass is 19.1. The zero-order chi connectivity index (χ0) is 11.6. The normalized spacial score (nSPS) is 14.0. The lowest BCUT2D eigenvalue weighted by Gasteiger charge is -2.30. The summed E-state index contributed by atoms with van der Waals surface area (Å²) in [7, 11) is 1.60. The molecule has 0 spiro atoms. The van der Waals surface area contributed by atoms with Crippen LogP contribution in [-0.2, 0) is 4.74 Å². The lowest BCUT2D eigenvalue weighted by atomic mass is 9.91. The number of aryl methyl sites for hydroxylation is 1. The van der Waals surface area contributed by atoms with Crippen molar-refractivity contribution in [1.82, 2.24) is 0 Å². The SMILES string of the molecule is COC(C)(C)C(N)c1cc(C)cc(F)c1. The van der Waals surface area contributed by atoms with Gasteiger partial charge in [0.1, 0.15) is 5.82 Å². The number of nitrogens with two attached hydrogens (primary N) is 1. The second-order valence-corrected chi connectivity index (χ2v) is 4.35. The molecular formula is C12H18FNO. The molecule has 0 saturated heterocycles. The van der Waals surface area contributed by atoms with E-state index in [4.69, 9.17) is 10.5 Å². The van der Waals surface area contributed by atoms with Gasteiger partial charge in [-0.05, 0) is 44.0 Å². The number of hydrogen-bond acceptors (Lipinski definition) is 2. The minimum atomic E-state index is -0.500. The van der Waals surface area contributed by atoms with E-state index in [2.05, 4.69) is 0 Å². The highest BCUT2D eigenvalue weighted by molar-refractivity contribution is 5.27. The van der Waals surface area contributed by atoms with E-state index in [0.717, 1.165) is 11.1 Å². The largest absolute Gasteiger partial charge is 0.377 e. The number of hydrogen-bond donors (Lipinski definition) is 1. The fourth-order valence-corrected chi connectivity index (χ4v) is 1.47. The first-order valence-electron chi connectivity index (χ1n) is 4.94. The Bertz CT molecular complexity index is 329. The second kappa shape index (κ2) is 4.29. The number of methoxy groups -OCH3 is 1. The van der Waals surface area contributed by atoms with E-state index in [9.17, 15) is 4.39 Å². The number of ether oxygens (including phenoxy) is 1. The first-order chi connectivity index (χ1) is 6.86.